The summed E-state index contributed by atoms with van der Waals surface area (Å²) in [5.74, 6) is 5.20. The van der Waals surface area contributed by atoms with Crippen molar-refractivity contribution >= 4 is 17.3 Å². The van der Waals surface area contributed by atoms with Crippen LogP contribution in [0.3, 0.4) is 0 Å². The fourth-order valence-corrected chi connectivity index (χ4v) is 1.78. The fourth-order valence-electron chi connectivity index (χ4n) is 1.78. The molecule has 0 saturated carbocycles. The first-order valence-electron chi connectivity index (χ1n) is 5.92. The number of amides is 1. The van der Waals surface area contributed by atoms with Crippen molar-refractivity contribution in [3.05, 3.63) is 53.3 Å². The molecule has 0 aliphatic heterocycles. The number of anilines is 2. The monoisotopic (exact) mass is 256 g/mol. The van der Waals surface area contributed by atoms with Crippen molar-refractivity contribution in [1.82, 2.24) is 4.98 Å². The van der Waals surface area contributed by atoms with Gasteiger partial charge in [-0.25, -0.2) is 0 Å². The van der Waals surface area contributed by atoms with Crippen molar-refractivity contribution in [2.75, 3.05) is 10.7 Å². The third-order valence-corrected chi connectivity index (χ3v) is 2.83. The van der Waals surface area contributed by atoms with Crippen LogP contribution >= 0.6 is 0 Å². The summed E-state index contributed by atoms with van der Waals surface area (Å²) >= 11 is 0. The van der Waals surface area contributed by atoms with Crippen LogP contribution < -0.4 is 16.6 Å². The van der Waals surface area contributed by atoms with Crippen molar-refractivity contribution in [3.8, 4) is 0 Å². The summed E-state index contributed by atoms with van der Waals surface area (Å²) in [5, 5.41) is 2.83. The molecule has 5 heteroatoms. The Kier molecular flexibility index (Phi) is 3.77. The van der Waals surface area contributed by atoms with Crippen LogP contribution in [0, 0.1) is 13.8 Å². The van der Waals surface area contributed by atoms with Crippen molar-refractivity contribution in [2.45, 2.75) is 13.8 Å². The van der Waals surface area contributed by atoms with Gasteiger partial charge in [-0.2, -0.15) is 0 Å². The lowest BCUT2D eigenvalue weighted by Gasteiger charge is -2.11. The molecule has 0 unspecified atom stereocenters. The Bertz CT molecular complexity index is 610. The summed E-state index contributed by atoms with van der Waals surface area (Å²) in [6.07, 6.45) is 1.69. The van der Waals surface area contributed by atoms with E-state index in [0.29, 0.717) is 16.9 Å². The largest absolute Gasteiger partial charge is 0.323 e. The molecule has 1 amide bonds. The first-order valence-corrected chi connectivity index (χ1v) is 5.92. The van der Waals surface area contributed by atoms with Gasteiger partial charge in [0.05, 0.1) is 22.6 Å². The maximum Gasteiger partial charge on any atom is 0.257 e. The molecule has 0 fully saturated rings. The highest BCUT2D eigenvalue weighted by Crippen LogP contribution is 2.19. The topological polar surface area (TPSA) is 80.0 Å². The maximum atomic E-state index is 12.3. The first kappa shape index (κ1) is 13.0. The van der Waals surface area contributed by atoms with Gasteiger partial charge in [-0.1, -0.05) is 11.6 Å². The number of rotatable bonds is 3. The quantitative estimate of drug-likeness (QED) is 0.581. The van der Waals surface area contributed by atoms with E-state index in [1.165, 1.54) is 0 Å². The Labute approximate surface area is 111 Å². The summed E-state index contributed by atoms with van der Waals surface area (Å²) < 4.78 is 0. The minimum atomic E-state index is -0.215. The average molecular weight is 256 g/mol. The zero-order valence-corrected chi connectivity index (χ0v) is 10.9. The molecule has 0 bridgehead atoms. The zero-order valence-electron chi connectivity index (χ0n) is 10.9. The molecule has 5 nitrogen and oxygen atoms in total. The van der Waals surface area contributed by atoms with Crippen molar-refractivity contribution < 1.29 is 4.79 Å². The molecule has 98 valence electrons. The molecular weight excluding hydrogens is 240 g/mol. The minimum Gasteiger partial charge on any atom is -0.323 e. The summed E-state index contributed by atoms with van der Waals surface area (Å²) in [6, 6.07) is 9.05. The smallest absolute Gasteiger partial charge is 0.257 e. The van der Waals surface area contributed by atoms with Gasteiger partial charge < -0.3 is 10.7 Å². The van der Waals surface area contributed by atoms with E-state index in [0.717, 1.165) is 11.3 Å². The molecule has 2 rings (SSSR count). The van der Waals surface area contributed by atoms with Gasteiger partial charge in [0.2, 0.25) is 0 Å². The highest BCUT2D eigenvalue weighted by atomic mass is 16.1. The van der Waals surface area contributed by atoms with Crippen LogP contribution in [0.5, 0.6) is 0 Å². The number of hydrogen-bond donors (Lipinski definition) is 3. The first-order chi connectivity index (χ1) is 9.11. The van der Waals surface area contributed by atoms with Gasteiger partial charge in [0.25, 0.3) is 5.91 Å². The van der Waals surface area contributed by atoms with Crippen LogP contribution in [0.4, 0.5) is 11.4 Å². The van der Waals surface area contributed by atoms with E-state index < -0.39 is 0 Å². The highest BCUT2D eigenvalue weighted by Gasteiger charge is 2.12. The van der Waals surface area contributed by atoms with Crippen molar-refractivity contribution in [3.63, 3.8) is 0 Å². The number of nitrogens with one attached hydrogen (secondary N) is 2. The van der Waals surface area contributed by atoms with Crippen LogP contribution in [0.2, 0.25) is 0 Å². The SMILES string of the molecule is Cc1ccc(NN)c(C(=O)Nc2cccnc2C)c1. The molecule has 0 atom stereocenters. The van der Waals surface area contributed by atoms with E-state index in [4.69, 9.17) is 5.84 Å². The van der Waals surface area contributed by atoms with Gasteiger partial charge >= 0.3 is 0 Å². The second-order valence-corrected chi connectivity index (χ2v) is 4.28. The van der Waals surface area contributed by atoms with Crippen LogP contribution in [-0.4, -0.2) is 10.9 Å². The Hall–Kier alpha value is -2.40. The Morgan fingerprint density at radius 2 is 2.00 bits per heavy atom. The Balaban J connectivity index is 2.30. The lowest BCUT2D eigenvalue weighted by Crippen LogP contribution is -2.18. The minimum absolute atomic E-state index is 0.215. The zero-order chi connectivity index (χ0) is 13.8. The normalized spacial score (nSPS) is 10.1. The number of aryl methyl sites for hydroxylation is 2. The number of carbonyl (C=O) groups excluding carboxylic acids is 1. The standard InChI is InChI=1S/C14H16N4O/c1-9-5-6-13(18-15)11(8-9)14(19)17-12-4-3-7-16-10(12)2/h3-8,18H,15H2,1-2H3,(H,17,19). The van der Waals surface area contributed by atoms with E-state index in [-0.39, 0.29) is 5.91 Å². The molecule has 4 N–H and O–H groups in total. The number of nitrogen functional groups attached to an aromatic ring is 1. The highest BCUT2D eigenvalue weighted by molar-refractivity contribution is 6.08. The number of pyridine rings is 1. The number of carbonyl (C=O) groups is 1. The average Bonchev–Trinajstić information content (AvgIpc) is 2.41. The Morgan fingerprint density at radius 1 is 1.21 bits per heavy atom. The number of nitrogens with two attached hydrogens (primary N) is 1. The second-order valence-electron chi connectivity index (χ2n) is 4.28. The lowest BCUT2D eigenvalue weighted by atomic mass is 10.1. The molecular formula is C14H16N4O. The summed E-state index contributed by atoms with van der Waals surface area (Å²) in [4.78, 5) is 16.4. The Morgan fingerprint density at radius 3 is 2.68 bits per heavy atom. The number of benzene rings is 1. The van der Waals surface area contributed by atoms with Gasteiger partial charge in [0.1, 0.15) is 0 Å². The van der Waals surface area contributed by atoms with Gasteiger partial charge in [0, 0.05) is 6.20 Å². The van der Waals surface area contributed by atoms with Crippen LogP contribution in [0.1, 0.15) is 21.6 Å². The molecule has 0 aliphatic rings. The van der Waals surface area contributed by atoms with Gasteiger partial charge in [-0.3, -0.25) is 15.6 Å². The molecule has 1 heterocycles. The summed E-state index contributed by atoms with van der Waals surface area (Å²) in [5.41, 5.74) is 6.07. The third kappa shape index (κ3) is 2.89. The number of hydrogen-bond acceptors (Lipinski definition) is 4. The van der Waals surface area contributed by atoms with E-state index in [2.05, 4.69) is 15.7 Å². The fraction of sp³-hybridized carbons (Fsp3) is 0.143. The molecule has 1 aromatic carbocycles. The van der Waals surface area contributed by atoms with Crippen LogP contribution in [0.25, 0.3) is 0 Å². The van der Waals surface area contributed by atoms with Gasteiger partial charge in [-0.15, -0.1) is 0 Å². The molecule has 0 saturated heterocycles. The van der Waals surface area contributed by atoms with E-state index in [9.17, 15) is 4.79 Å². The molecule has 19 heavy (non-hydrogen) atoms. The third-order valence-electron chi connectivity index (χ3n) is 2.83. The second kappa shape index (κ2) is 5.49. The number of aromatic nitrogens is 1. The van der Waals surface area contributed by atoms with E-state index in [1.807, 2.05) is 26.0 Å². The number of nitrogens with zero attached hydrogens (tertiary/aromatic N) is 1. The van der Waals surface area contributed by atoms with Gasteiger partial charge in [0.15, 0.2) is 0 Å². The molecule has 2 aromatic rings. The number of hydrazine groups is 1. The summed E-state index contributed by atoms with van der Waals surface area (Å²) in [7, 11) is 0. The van der Waals surface area contributed by atoms with Crippen molar-refractivity contribution in [2.24, 2.45) is 5.84 Å². The molecule has 0 spiro atoms. The van der Waals surface area contributed by atoms with Crippen molar-refractivity contribution in [1.29, 1.82) is 0 Å². The maximum absolute atomic E-state index is 12.3. The molecule has 0 radical (unpaired) electrons. The van der Waals surface area contributed by atoms with Crippen LogP contribution in [0.15, 0.2) is 36.5 Å². The molecule has 1 aromatic heterocycles. The van der Waals surface area contributed by atoms with E-state index >= 15 is 0 Å². The van der Waals surface area contributed by atoms with Crippen LogP contribution in [-0.2, 0) is 0 Å². The van der Waals surface area contributed by atoms with Gasteiger partial charge in [-0.05, 0) is 38.1 Å². The predicted octanol–water partition coefficient (Wildman–Crippen LogP) is 2.24. The predicted molar refractivity (Wildman–Crippen MR) is 75.9 cm³/mol. The molecule has 0 aliphatic carbocycles. The van der Waals surface area contributed by atoms with E-state index in [1.54, 1.807) is 24.4 Å². The lowest BCUT2D eigenvalue weighted by molar-refractivity contribution is 0.102. The summed E-state index contributed by atoms with van der Waals surface area (Å²) in [6.45, 7) is 3.76.